The number of cyclic esters (lactones) is 1. The van der Waals surface area contributed by atoms with Gasteiger partial charge in [0, 0.05) is 6.54 Å². The molecule has 1 saturated carbocycles. The van der Waals surface area contributed by atoms with Crippen LogP contribution in [0, 0.1) is 11.8 Å². The molecule has 68 valence electrons. The Labute approximate surface area is 72.5 Å². The van der Waals surface area contributed by atoms with Crippen LogP contribution in [0.3, 0.4) is 0 Å². The summed E-state index contributed by atoms with van der Waals surface area (Å²) in [4.78, 5) is 10.9. The van der Waals surface area contributed by atoms with Gasteiger partial charge in [-0.3, -0.25) is 0 Å². The molecule has 1 N–H and O–H groups in total. The van der Waals surface area contributed by atoms with Gasteiger partial charge in [-0.2, -0.15) is 0 Å². The molecular weight excluding hydrogens is 154 g/mol. The molecular formula is C9H15NO2. The molecule has 0 aromatic heterocycles. The largest absolute Gasteiger partial charge is 0.449 e. The van der Waals surface area contributed by atoms with E-state index in [1.807, 2.05) is 0 Å². The van der Waals surface area contributed by atoms with E-state index in [4.69, 9.17) is 4.74 Å². The van der Waals surface area contributed by atoms with Crippen LogP contribution in [0.2, 0.25) is 0 Å². The Bertz CT molecular complexity index is 163. The molecule has 1 aliphatic carbocycles. The Balaban J connectivity index is 1.98. The van der Waals surface area contributed by atoms with E-state index in [0.717, 1.165) is 6.54 Å². The molecule has 0 aromatic rings. The number of carbonyl (C=O) groups excluding carboxylic acids is 1. The third kappa shape index (κ3) is 1.54. The molecule has 2 atom stereocenters. The van der Waals surface area contributed by atoms with Crippen LogP contribution < -0.4 is 5.32 Å². The van der Waals surface area contributed by atoms with E-state index in [1.54, 1.807) is 0 Å². The predicted molar refractivity (Wildman–Crippen MR) is 44.8 cm³/mol. The number of alkyl carbamates (subject to hydrolysis) is 1. The lowest BCUT2D eigenvalue weighted by atomic mass is 9.80. The number of fused-ring (bicyclic) bond motifs is 1. The van der Waals surface area contributed by atoms with Gasteiger partial charge in [0.25, 0.3) is 0 Å². The highest BCUT2D eigenvalue weighted by Crippen LogP contribution is 2.30. The van der Waals surface area contributed by atoms with Crippen LogP contribution in [0.4, 0.5) is 4.79 Å². The normalized spacial score (nSPS) is 35.8. The third-order valence-electron chi connectivity index (χ3n) is 3.00. The quantitative estimate of drug-likeness (QED) is 0.597. The summed E-state index contributed by atoms with van der Waals surface area (Å²) in [6, 6.07) is 0. The van der Waals surface area contributed by atoms with Gasteiger partial charge < -0.3 is 10.1 Å². The number of nitrogens with one attached hydrogen (secondary N) is 1. The Morgan fingerprint density at radius 3 is 2.83 bits per heavy atom. The summed E-state index contributed by atoms with van der Waals surface area (Å²) < 4.78 is 5.02. The lowest BCUT2D eigenvalue weighted by Gasteiger charge is -2.27. The molecule has 2 aliphatic rings. The highest BCUT2D eigenvalue weighted by Gasteiger charge is 2.28. The Morgan fingerprint density at radius 2 is 2.00 bits per heavy atom. The predicted octanol–water partition coefficient (Wildman–Crippen LogP) is 1.53. The fourth-order valence-electron chi connectivity index (χ4n) is 2.22. The van der Waals surface area contributed by atoms with Crippen molar-refractivity contribution in [2.24, 2.45) is 11.8 Å². The van der Waals surface area contributed by atoms with Crippen LogP contribution in [0.25, 0.3) is 0 Å². The Morgan fingerprint density at radius 1 is 1.25 bits per heavy atom. The molecule has 1 aliphatic heterocycles. The number of ether oxygens (including phenoxy) is 1. The number of hydrogen-bond donors (Lipinski definition) is 1. The number of rotatable bonds is 0. The molecule has 1 heterocycles. The molecule has 3 nitrogen and oxygen atoms in total. The van der Waals surface area contributed by atoms with Crippen LogP contribution in [-0.4, -0.2) is 19.2 Å². The van der Waals surface area contributed by atoms with E-state index in [9.17, 15) is 4.79 Å². The first-order valence-electron chi connectivity index (χ1n) is 4.77. The van der Waals surface area contributed by atoms with Crippen LogP contribution in [0.1, 0.15) is 25.7 Å². The van der Waals surface area contributed by atoms with Gasteiger partial charge in [-0.05, 0) is 24.7 Å². The fraction of sp³-hybridized carbons (Fsp3) is 0.889. The van der Waals surface area contributed by atoms with E-state index < -0.39 is 0 Å². The standard InChI is InChI=1S/C9H15NO2/c11-9-10-5-7-3-1-2-4-8(7)6-12-9/h7-8H,1-6H2,(H,10,11). The van der Waals surface area contributed by atoms with Crippen molar-refractivity contribution in [3.8, 4) is 0 Å². The molecule has 12 heavy (non-hydrogen) atoms. The summed E-state index contributed by atoms with van der Waals surface area (Å²) in [6.07, 6.45) is 4.88. The first kappa shape index (κ1) is 7.90. The molecule has 0 radical (unpaired) electrons. The van der Waals surface area contributed by atoms with Crippen molar-refractivity contribution in [1.82, 2.24) is 5.32 Å². The summed E-state index contributed by atoms with van der Waals surface area (Å²) in [6.45, 7) is 1.46. The summed E-state index contributed by atoms with van der Waals surface area (Å²) in [5.74, 6) is 1.29. The maximum absolute atomic E-state index is 10.9. The minimum atomic E-state index is -0.232. The van der Waals surface area contributed by atoms with Crippen LogP contribution in [0.15, 0.2) is 0 Å². The van der Waals surface area contributed by atoms with Crippen molar-refractivity contribution in [3.05, 3.63) is 0 Å². The van der Waals surface area contributed by atoms with E-state index in [2.05, 4.69) is 5.32 Å². The van der Waals surface area contributed by atoms with Crippen molar-refractivity contribution in [3.63, 3.8) is 0 Å². The van der Waals surface area contributed by atoms with Gasteiger partial charge in [-0.25, -0.2) is 4.79 Å². The second-order valence-corrected chi connectivity index (χ2v) is 3.78. The highest BCUT2D eigenvalue weighted by molar-refractivity contribution is 5.67. The highest BCUT2D eigenvalue weighted by atomic mass is 16.5. The third-order valence-corrected chi connectivity index (χ3v) is 3.00. The Kier molecular flexibility index (Phi) is 2.19. The zero-order valence-corrected chi connectivity index (χ0v) is 7.21. The minimum absolute atomic E-state index is 0.232. The monoisotopic (exact) mass is 169 g/mol. The van der Waals surface area contributed by atoms with E-state index in [0.29, 0.717) is 18.4 Å². The van der Waals surface area contributed by atoms with Gasteiger partial charge in [-0.1, -0.05) is 12.8 Å². The molecule has 2 unspecified atom stereocenters. The van der Waals surface area contributed by atoms with Crippen molar-refractivity contribution in [2.45, 2.75) is 25.7 Å². The molecule has 2 fully saturated rings. The first-order valence-corrected chi connectivity index (χ1v) is 4.77. The second-order valence-electron chi connectivity index (χ2n) is 3.78. The lowest BCUT2D eigenvalue weighted by Crippen LogP contribution is -2.29. The molecule has 0 aromatic carbocycles. The molecule has 1 amide bonds. The van der Waals surface area contributed by atoms with Crippen LogP contribution in [0.5, 0.6) is 0 Å². The van der Waals surface area contributed by atoms with E-state index in [1.165, 1.54) is 25.7 Å². The zero-order chi connectivity index (χ0) is 8.39. The van der Waals surface area contributed by atoms with Crippen molar-refractivity contribution >= 4 is 6.09 Å². The first-order chi connectivity index (χ1) is 5.86. The van der Waals surface area contributed by atoms with Gasteiger partial charge in [0.05, 0.1) is 6.61 Å². The topological polar surface area (TPSA) is 38.3 Å². The number of carbonyl (C=O) groups is 1. The van der Waals surface area contributed by atoms with Gasteiger partial charge >= 0.3 is 6.09 Å². The van der Waals surface area contributed by atoms with Gasteiger partial charge in [0.1, 0.15) is 0 Å². The van der Waals surface area contributed by atoms with Crippen molar-refractivity contribution in [1.29, 1.82) is 0 Å². The van der Waals surface area contributed by atoms with Crippen molar-refractivity contribution < 1.29 is 9.53 Å². The molecule has 2 rings (SSSR count). The summed E-state index contributed by atoms with van der Waals surface area (Å²) >= 11 is 0. The average Bonchev–Trinajstić information content (AvgIpc) is 2.29. The number of hydrogen-bond acceptors (Lipinski definition) is 2. The Hall–Kier alpha value is -0.730. The van der Waals surface area contributed by atoms with E-state index >= 15 is 0 Å². The van der Waals surface area contributed by atoms with Gasteiger partial charge in [0.2, 0.25) is 0 Å². The molecule has 0 bridgehead atoms. The van der Waals surface area contributed by atoms with Crippen LogP contribution in [-0.2, 0) is 4.74 Å². The maximum atomic E-state index is 10.9. The summed E-state index contributed by atoms with van der Waals surface area (Å²) in [7, 11) is 0. The molecule has 1 saturated heterocycles. The molecule has 3 heteroatoms. The maximum Gasteiger partial charge on any atom is 0.407 e. The van der Waals surface area contributed by atoms with Gasteiger partial charge in [0.15, 0.2) is 0 Å². The second kappa shape index (κ2) is 3.33. The summed E-state index contributed by atoms with van der Waals surface area (Å²) in [5.41, 5.74) is 0. The zero-order valence-electron chi connectivity index (χ0n) is 7.21. The number of amides is 1. The minimum Gasteiger partial charge on any atom is -0.449 e. The average molecular weight is 169 g/mol. The smallest absolute Gasteiger partial charge is 0.407 e. The molecule has 0 spiro atoms. The van der Waals surface area contributed by atoms with Crippen molar-refractivity contribution in [2.75, 3.05) is 13.2 Å². The fourth-order valence-corrected chi connectivity index (χ4v) is 2.22. The van der Waals surface area contributed by atoms with Gasteiger partial charge in [-0.15, -0.1) is 0 Å². The summed E-state index contributed by atoms with van der Waals surface area (Å²) in [5, 5.41) is 2.78. The van der Waals surface area contributed by atoms with E-state index in [-0.39, 0.29) is 6.09 Å². The SMILES string of the molecule is O=C1NCC2CCCCC2CO1. The van der Waals surface area contributed by atoms with Crippen LogP contribution >= 0.6 is 0 Å². The lowest BCUT2D eigenvalue weighted by molar-refractivity contribution is 0.118.